The van der Waals surface area contributed by atoms with Crippen LogP contribution in [0.15, 0.2) is 18.2 Å². The van der Waals surface area contributed by atoms with Crippen molar-refractivity contribution in [2.45, 2.75) is 105 Å². The Bertz CT molecular complexity index is 1070. The number of hydrogen-bond acceptors (Lipinski definition) is 6. The summed E-state index contributed by atoms with van der Waals surface area (Å²) in [6.07, 6.45) is 8.09. The second kappa shape index (κ2) is 16.3. The topological polar surface area (TPSA) is 99.6 Å². The number of benzene rings is 1. The summed E-state index contributed by atoms with van der Waals surface area (Å²) in [6.45, 7) is 17.0. The number of ether oxygens (including phenoxy) is 2. The van der Waals surface area contributed by atoms with Gasteiger partial charge in [-0.25, -0.2) is 0 Å². The minimum Gasteiger partial charge on any atom is -0.481 e. The molecule has 2 fully saturated rings. The van der Waals surface area contributed by atoms with Crippen LogP contribution in [-0.4, -0.2) is 89.7 Å². The SMILES string of the molecule is CC(=O)O.CCCCN(CCCC(C)CC)C(=O)CN1C[C@H](c2ccc3c(c2)OCO3)C[C@@H]1CCN1CC(C)(C)CC1=O. The van der Waals surface area contributed by atoms with E-state index in [1.54, 1.807) is 0 Å². The molecule has 3 aliphatic heterocycles. The van der Waals surface area contributed by atoms with Crippen molar-refractivity contribution in [3.8, 4) is 11.5 Å². The summed E-state index contributed by atoms with van der Waals surface area (Å²) in [5.74, 6) is 2.34. The highest BCUT2D eigenvalue weighted by Gasteiger charge is 2.38. The van der Waals surface area contributed by atoms with E-state index >= 15 is 0 Å². The Labute approximate surface area is 258 Å². The van der Waals surface area contributed by atoms with Crippen molar-refractivity contribution in [3.05, 3.63) is 23.8 Å². The molecule has 43 heavy (non-hydrogen) atoms. The minimum absolute atomic E-state index is 0.0481. The summed E-state index contributed by atoms with van der Waals surface area (Å²) in [5.41, 5.74) is 1.29. The number of aliphatic carboxylic acids is 1. The van der Waals surface area contributed by atoms with Gasteiger partial charge < -0.3 is 24.4 Å². The Morgan fingerprint density at radius 1 is 1.14 bits per heavy atom. The van der Waals surface area contributed by atoms with Crippen molar-refractivity contribution in [2.75, 3.05) is 46.1 Å². The average molecular weight is 602 g/mol. The van der Waals surface area contributed by atoms with E-state index in [9.17, 15) is 9.59 Å². The number of unbranched alkanes of at least 4 members (excludes halogenated alkanes) is 1. The van der Waals surface area contributed by atoms with Crippen LogP contribution in [0.2, 0.25) is 0 Å². The quantitative estimate of drug-likeness (QED) is 0.289. The van der Waals surface area contributed by atoms with Gasteiger partial charge in [-0.3, -0.25) is 19.3 Å². The summed E-state index contributed by atoms with van der Waals surface area (Å²) in [6, 6.07) is 6.55. The number of rotatable bonds is 14. The highest BCUT2D eigenvalue weighted by molar-refractivity contribution is 5.79. The first-order chi connectivity index (χ1) is 20.4. The number of nitrogens with zero attached hydrogens (tertiary/aromatic N) is 3. The Balaban J connectivity index is 0.00000119. The Morgan fingerprint density at radius 3 is 2.49 bits per heavy atom. The van der Waals surface area contributed by atoms with Crippen LogP contribution in [0.1, 0.15) is 104 Å². The third-order valence-electron chi connectivity index (χ3n) is 9.02. The molecule has 0 aliphatic carbocycles. The predicted molar refractivity (Wildman–Crippen MR) is 168 cm³/mol. The summed E-state index contributed by atoms with van der Waals surface area (Å²) < 4.78 is 11.2. The van der Waals surface area contributed by atoms with Gasteiger partial charge in [-0.1, -0.05) is 53.5 Å². The zero-order valence-electron chi connectivity index (χ0n) is 27.4. The van der Waals surface area contributed by atoms with Crippen molar-refractivity contribution >= 4 is 17.8 Å². The van der Waals surface area contributed by atoms with E-state index in [0.29, 0.717) is 24.8 Å². The summed E-state index contributed by atoms with van der Waals surface area (Å²) in [4.78, 5) is 41.9. The van der Waals surface area contributed by atoms with Crippen LogP contribution in [0, 0.1) is 11.3 Å². The number of carbonyl (C=O) groups is 3. The molecule has 0 bridgehead atoms. The fourth-order valence-electron chi connectivity index (χ4n) is 6.40. The second-order valence-electron chi connectivity index (χ2n) is 13.5. The van der Waals surface area contributed by atoms with Gasteiger partial charge in [0.15, 0.2) is 11.5 Å². The van der Waals surface area contributed by atoms with E-state index in [0.717, 1.165) is 83.3 Å². The monoisotopic (exact) mass is 601 g/mol. The third kappa shape index (κ3) is 10.7. The van der Waals surface area contributed by atoms with Crippen molar-refractivity contribution in [1.82, 2.24) is 14.7 Å². The molecular formula is C34H55N3O6. The van der Waals surface area contributed by atoms with E-state index in [2.05, 4.69) is 56.6 Å². The number of carboxylic acid groups (broad SMARTS) is 1. The van der Waals surface area contributed by atoms with Gasteiger partial charge >= 0.3 is 0 Å². The fourth-order valence-corrected chi connectivity index (χ4v) is 6.40. The molecule has 3 atom stereocenters. The minimum atomic E-state index is -0.833. The van der Waals surface area contributed by atoms with Gasteiger partial charge in [-0.15, -0.1) is 0 Å². The Morgan fingerprint density at radius 2 is 1.84 bits per heavy atom. The number of hydrogen-bond donors (Lipinski definition) is 1. The molecule has 0 aromatic heterocycles. The van der Waals surface area contributed by atoms with Crippen molar-refractivity contribution in [3.63, 3.8) is 0 Å². The lowest BCUT2D eigenvalue weighted by molar-refractivity contribution is -0.134. The Kier molecular flexibility index (Phi) is 13.2. The van der Waals surface area contributed by atoms with E-state index in [4.69, 9.17) is 19.4 Å². The van der Waals surface area contributed by atoms with Crippen LogP contribution >= 0.6 is 0 Å². The lowest BCUT2D eigenvalue weighted by Crippen LogP contribution is -2.44. The second-order valence-corrected chi connectivity index (χ2v) is 13.5. The maximum atomic E-state index is 13.7. The number of carbonyl (C=O) groups excluding carboxylic acids is 2. The van der Waals surface area contributed by atoms with E-state index in [1.807, 2.05) is 11.0 Å². The molecule has 9 heteroatoms. The van der Waals surface area contributed by atoms with Gasteiger partial charge in [0.05, 0.1) is 6.54 Å². The number of likely N-dealkylation sites (tertiary alicyclic amines) is 2. The van der Waals surface area contributed by atoms with Crippen molar-refractivity contribution in [1.29, 1.82) is 0 Å². The van der Waals surface area contributed by atoms with Gasteiger partial charge in [0.25, 0.3) is 5.97 Å². The van der Waals surface area contributed by atoms with Gasteiger partial charge in [-0.2, -0.15) is 0 Å². The van der Waals surface area contributed by atoms with Crippen LogP contribution in [0.5, 0.6) is 11.5 Å². The molecule has 3 aliphatic rings. The molecule has 0 saturated carbocycles. The van der Waals surface area contributed by atoms with E-state index in [-0.39, 0.29) is 30.1 Å². The number of carboxylic acids is 1. The smallest absolute Gasteiger partial charge is 0.300 e. The van der Waals surface area contributed by atoms with Gasteiger partial charge in [0.1, 0.15) is 0 Å². The molecule has 3 heterocycles. The highest BCUT2D eigenvalue weighted by atomic mass is 16.7. The summed E-state index contributed by atoms with van der Waals surface area (Å²) in [7, 11) is 0. The molecule has 1 N–H and O–H groups in total. The molecule has 4 rings (SSSR count). The molecule has 0 spiro atoms. The molecule has 242 valence electrons. The van der Waals surface area contributed by atoms with Crippen molar-refractivity contribution < 1.29 is 29.0 Å². The number of fused-ring (bicyclic) bond motifs is 1. The van der Waals surface area contributed by atoms with Crippen LogP contribution in [0.3, 0.4) is 0 Å². The van der Waals surface area contributed by atoms with Crippen LogP contribution < -0.4 is 9.47 Å². The molecule has 0 radical (unpaired) electrons. The predicted octanol–water partition coefficient (Wildman–Crippen LogP) is 5.77. The highest BCUT2D eigenvalue weighted by Crippen LogP contribution is 2.39. The lowest BCUT2D eigenvalue weighted by Gasteiger charge is -2.30. The summed E-state index contributed by atoms with van der Waals surface area (Å²) in [5, 5.41) is 7.42. The van der Waals surface area contributed by atoms with Gasteiger partial charge in [0, 0.05) is 52.1 Å². The molecule has 2 amide bonds. The Hall–Kier alpha value is -2.81. The first-order valence-corrected chi connectivity index (χ1v) is 16.3. The van der Waals surface area contributed by atoms with Crippen LogP contribution in [-0.2, 0) is 14.4 Å². The fraction of sp³-hybridized carbons (Fsp3) is 0.735. The molecule has 2 saturated heterocycles. The summed E-state index contributed by atoms with van der Waals surface area (Å²) >= 11 is 0. The van der Waals surface area contributed by atoms with Gasteiger partial charge in [0.2, 0.25) is 18.6 Å². The molecule has 1 unspecified atom stereocenters. The zero-order chi connectivity index (χ0) is 31.6. The maximum Gasteiger partial charge on any atom is 0.300 e. The lowest BCUT2D eigenvalue weighted by atomic mass is 9.93. The maximum absolute atomic E-state index is 13.7. The molecule has 1 aromatic carbocycles. The van der Waals surface area contributed by atoms with Gasteiger partial charge in [-0.05, 0) is 67.1 Å². The first kappa shape index (κ1) is 34.7. The largest absolute Gasteiger partial charge is 0.481 e. The molecule has 9 nitrogen and oxygen atoms in total. The normalized spacial score (nSPS) is 21.4. The standard InChI is InChI=1S/C32H51N3O4.C2H4O2/c1-6-8-14-33(15-9-10-24(3)7-2)31(37)21-35-20-26(25-11-12-28-29(18-25)39-23-38-28)17-27(35)13-16-34-22-32(4,5)19-30(34)36;1-2(3)4/h11-12,18,24,26-27H,6-10,13-17,19-23H2,1-5H3;1H3,(H,3,4)/t24?,26-,27+;/m1./s1. The number of amides is 2. The average Bonchev–Trinajstić information content (AvgIpc) is 3.64. The van der Waals surface area contributed by atoms with Crippen molar-refractivity contribution in [2.24, 2.45) is 11.3 Å². The zero-order valence-corrected chi connectivity index (χ0v) is 27.4. The molecular weight excluding hydrogens is 546 g/mol. The van der Waals surface area contributed by atoms with E-state index < -0.39 is 5.97 Å². The molecule has 1 aromatic rings. The third-order valence-corrected chi connectivity index (χ3v) is 9.02. The van der Waals surface area contributed by atoms with Crippen LogP contribution in [0.4, 0.5) is 0 Å². The van der Waals surface area contributed by atoms with E-state index in [1.165, 1.54) is 18.4 Å². The van der Waals surface area contributed by atoms with Crippen LogP contribution in [0.25, 0.3) is 0 Å². The first-order valence-electron chi connectivity index (χ1n) is 16.3.